The van der Waals surface area contributed by atoms with Crippen molar-refractivity contribution in [3.05, 3.63) is 0 Å². The van der Waals surface area contributed by atoms with Crippen LogP contribution in [0, 0.1) is 0 Å². The maximum absolute atomic E-state index is 5.84. The van der Waals surface area contributed by atoms with Gasteiger partial charge in [-0.05, 0) is 38.5 Å². The van der Waals surface area contributed by atoms with Crippen molar-refractivity contribution >= 4 is 22.6 Å². The number of hydrogen-bond acceptors (Lipinski definition) is 7. The second kappa shape index (κ2) is 22.6. The molecule has 0 heterocycles. The highest BCUT2D eigenvalue weighted by Crippen LogP contribution is 2.23. The maximum atomic E-state index is 5.84. The summed E-state index contributed by atoms with van der Waals surface area (Å²) in [6, 6.07) is 0. The zero-order chi connectivity index (χ0) is 25.8. The van der Waals surface area contributed by atoms with Gasteiger partial charge in [-0.15, -0.1) is 0 Å². The largest absolute Gasteiger partial charge is 0.381 e. The van der Waals surface area contributed by atoms with Gasteiger partial charge in [0.2, 0.25) is 0 Å². The Morgan fingerprint density at radius 3 is 1.00 bits per heavy atom. The fourth-order valence-corrected chi connectivity index (χ4v) is 5.10. The lowest BCUT2D eigenvalue weighted by Gasteiger charge is -2.30. The molecule has 7 atom stereocenters. The van der Waals surface area contributed by atoms with Crippen LogP contribution in [0.3, 0.4) is 0 Å². The molecule has 0 bridgehead atoms. The minimum atomic E-state index is 0.0236. The summed E-state index contributed by atoms with van der Waals surface area (Å²) in [5.74, 6) is 0. The molecule has 0 amide bonds. The van der Waals surface area contributed by atoms with Crippen molar-refractivity contribution in [2.45, 2.75) is 114 Å². The van der Waals surface area contributed by atoms with E-state index in [0.29, 0.717) is 0 Å². The van der Waals surface area contributed by atoms with E-state index in [0.717, 1.165) is 49.4 Å². The second-order valence-electron chi connectivity index (χ2n) is 9.07. The van der Waals surface area contributed by atoms with Crippen LogP contribution >= 0.6 is 22.6 Å². The number of rotatable bonds is 24. The molecule has 0 fully saturated rings. The summed E-state index contributed by atoms with van der Waals surface area (Å²) < 4.78 is 41.2. The molecule has 0 aliphatic rings. The molecule has 0 radical (unpaired) electrons. The molecule has 0 aliphatic heterocycles. The average Bonchev–Trinajstić information content (AvgIpc) is 2.87. The third kappa shape index (κ3) is 15.5. The van der Waals surface area contributed by atoms with Crippen molar-refractivity contribution in [3.8, 4) is 0 Å². The van der Waals surface area contributed by atoms with Gasteiger partial charge in [0, 0.05) is 60.6 Å². The normalized spacial score (nSPS) is 18.3. The van der Waals surface area contributed by atoms with Crippen LogP contribution in [0.5, 0.6) is 0 Å². The highest BCUT2D eigenvalue weighted by molar-refractivity contribution is 14.1. The van der Waals surface area contributed by atoms with Crippen molar-refractivity contribution < 1.29 is 33.2 Å². The van der Waals surface area contributed by atoms with Gasteiger partial charge in [0.1, 0.15) is 0 Å². The van der Waals surface area contributed by atoms with Crippen molar-refractivity contribution in [2.24, 2.45) is 0 Å². The first-order valence-electron chi connectivity index (χ1n) is 12.7. The minimum absolute atomic E-state index is 0.0236. The molecular weight excluding hydrogens is 551 g/mol. The van der Waals surface area contributed by atoms with Crippen LogP contribution in [0.4, 0.5) is 0 Å². The monoisotopic (exact) mass is 604 g/mol. The quantitative estimate of drug-likeness (QED) is 0.0826. The Labute approximate surface area is 223 Å². The van der Waals surface area contributed by atoms with E-state index < -0.39 is 0 Å². The zero-order valence-corrected chi connectivity index (χ0v) is 25.2. The molecular formula is C26H53IO7. The Hall–Kier alpha value is 0.450. The van der Waals surface area contributed by atoms with Gasteiger partial charge >= 0.3 is 0 Å². The van der Waals surface area contributed by atoms with Gasteiger partial charge in [-0.25, -0.2) is 0 Å². The molecule has 0 unspecified atom stereocenters. The summed E-state index contributed by atoms with van der Waals surface area (Å²) in [6.07, 6.45) is 10.3. The smallest absolute Gasteiger partial charge is 0.0685 e. The van der Waals surface area contributed by atoms with Crippen molar-refractivity contribution in [1.29, 1.82) is 0 Å². The molecule has 0 spiro atoms. The third-order valence-electron chi connectivity index (χ3n) is 6.79. The molecule has 0 N–H and O–H groups in total. The van der Waals surface area contributed by atoms with E-state index >= 15 is 0 Å². The van der Waals surface area contributed by atoms with Gasteiger partial charge in [-0.2, -0.15) is 0 Å². The Morgan fingerprint density at radius 2 is 0.735 bits per heavy atom. The first kappa shape index (κ1) is 34.5. The van der Waals surface area contributed by atoms with E-state index in [2.05, 4.69) is 29.5 Å². The van der Waals surface area contributed by atoms with Gasteiger partial charge in [0.05, 0.1) is 42.7 Å². The number of hydrogen-bond donors (Lipinski definition) is 0. The van der Waals surface area contributed by atoms with E-state index in [1.807, 2.05) is 0 Å². The summed E-state index contributed by atoms with van der Waals surface area (Å²) in [5, 5.41) is 0. The highest BCUT2D eigenvalue weighted by atomic mass is 127. The highest BCUT2D eigenvalue weighted by Gasteiger charge is 2.27. The molecule has 0 aromatic heterocycles. The van der Waals surface area contributed by atoms with Crippen molar-refractivity contribution in [2.75, 3.05) is 54.2 Å². The topological polar surface area (TPSA) is 64.6 Å². The molecule has 7 nitrogen and oxygen atoms in total. The molecule has 34 heavy (non-hydrogen) atoms. The van der Waals surface area contributed by atoms with Gasteiger partial charge < -0.3 is 33.2 Å². The van der Waals surface area contributed by atoms with E-state index in [1.165, 1.54) is 19.3 Å². The summed E-state index contributed by atoms with van der Waals surface area (Å²) in [6.45, 7) is 2.22. The van der Waals surface area contributed by atoms with E-state index in [1.54, 1.807) is 49.8 Å². The molecule has 0 aliphatic carbocycles. The van der Waals surface area contributed by atoms with Gasteiger partial charge in [-0.1, -0.05) is 48.8 Å². The van der Waals surface area contributed by atoms with Gasteiger partial charge in [0.25, 0.3) is 0 Å². The van der Waals surface area contributed by atoms with Crippen LogP contribution < -0.4 is 0 Å². The second-order valence-corrected chi connectivity index (χ2v) is 9.95. The number of alkyl halides is 1. The number of methoxy groups -OCH3 is 7. The van der Waals surface area contributed by atoms with Crippen LogP contribution in [0.25, 0.3) is 0 Å². The number of halogens is 1. The fourth-order valence-electron chi connectivity index (χ4n) is 4.38. The zero-order valence-electron chi connectivity index (χ0n) is 23.1. The van der Waals surface area contributed by atoms with Crippen LogP contribution in [-0.4, -0.2) is 96.9 Å². The van der Waals surface area contributed by atoms with E-state index in [4.69, 9.17) is 33.2 Å². The Morgan fingerprint density at radius 1 is 0.441 bits per heavy atom. The minimum Gasteiger partial charge on any atom is -0.381 e. The summed E-state index contributed by atoms with van der Waals surface area (Å²) in [7, 11) is 12.4. The van der Waals surface area contributed by atoms with Crippen LogP contribution in [0.1, 0.15) is 71.1 Å². The predicted molar refractivity (Wildman–Crippen MR) is 146 cm³/mol. The average molecular weight is 605 g/mol. The van der Waals surface area contributed by atoms with Crippen LogP contribution in [-0.2, 0) is 33.2 Å². The van der Waals surface area contributed by atoms with Crippen LogP contribution in [0.2, 0.25) is 0 Å². The summed E-state index contributed by atoms with van der Waals surface area (Å²) >= 11 is 2.35. The third-order valence-corrected chi connectivity index (χ3v) is 7.77. The van der Waals surface area contributed by atoms with E-state index in [9.17, 15) is 0 Å². The lowest BCUT2D eigenvalue weighted by molar-refractivity contribution is -0.0525. The summed E-state index contributed by atoms with van der Waals surface area (Å²) in [5.41, 5.74) is 0. The van der Waals surface area contributed by atoms with Crippen molar-refractivity contribution in [3.63, 3.8) is 0 Å². The molecule has 0 aromatic rings. The predicted octanol–water partition coefficient (Wildman–Crippen LogP) is 5.45. The van der Waals surface area contributed by atoms with Gasteiger partial charge in [-0.3, -0.25) is 0 Å². The summed E-state index contributed by atoms with van der Waals surface area (Å²) in [4.78, 5) is 0. The number of unbranched alkanes of at least 4 members (excludes halogenated alkanes) is 2. The standard InChI is InChI=1S/C26H53IO7/c1-9-10-11-12-20(28-2)13-21(29-3)14-22(30-4)15-23(31-5)16-24(32-6)17-25(33-7)18-26(19-27)34-8/h20-26H,9-19H2,1-8H3/t20-,21-,22-,23-,24-,25-,26-/m1/s1. The first-order chi connectivity index (χ1) is 16.4. The molecule has 0 aromatic carbocycles. The lowest BCUT2D eigenvalue weighted by Crippen LogP contribution is -2.33. The maximum Gasteiger partial charge on any atom is 0.0685 e. The fraction of sp³-hybridized carbons (Fsp3) is 1.00. The first-order valence-corrected chi connectivity index (χ1v) is 14.2. The Balaban J connectivity index is 4.88. The molecule has 0 saturated carbocycles. The SMILES string of the molecule is CCCCC[C@H](C[C@H](C[C@H](C[C@H](C[C@H](C[C@H](C[C@H](CI)OC)OC)OC)OC)OC)OC)OC. The van der Waals surface area contributed by atoms with E-state index in [-0.39, 0.29) is 42.7 Å². The van der Waals surface area contributed by atoms with Crippen LogP contribution in [0.15, 0.2) is 0 Å². The van der Waals surface area contributed by atoms with Crippen molar-refractivity contribution in [1.82, 2.24) is 0 Å². The molecule has 0 saturated heterocycles. The molecule has 8 heteroatoms. The molecule has 206 valence electrons. The Kier molecular flexibility index (Phi) is 22.9. The number of ether oxygens (including phenoxy) is 7. The Bertz CT molecular complexity index is 439. The molecule has 0 rings (SSSR count). The van der Waals surface area contributed by atoms with Gasteiger partial charge in [0.15, 0.2) is 0 Å². The lowest BCUT2D eigenvalue weighted by atomic mass is 9.95.